The van der Waals surface area contributed by atoms with Gasteiger partial charge in [-0.05, 0) is 25.5 Å². The summed E-state index contributed by atoms with van der Waals surface area (Å²) in [5, 5.41) is 3.41. The molecule has 2 rings (SSSR count). The Morgan fingerprint density at radius 2 is 2.10 bits per heavy atom. The van der Waals surface area contributed by atoms with Crippen molar-refractivity contribution in [3.63, 3.8) is 0 Å². The highest BCUT2D eigenvalue weighted by molar-refractivity contribution is 7.94. The number of carbonyl (C=O) groups excluding carboxylic acids is 1. The van der Waals surface area contributed by atoms with Crippen LogP contribution in [0, 0.1) is 13.8 Å². The summed E-state index contributed by atoms with van der Waals surface area (Å²) in [5.74, 6) is -0.851. The number of ether oxygens (including phenoxy) is 1. The minimum atomic E-state index is -3.75. The molecule has 0 saturated heterocycles. The summed E-state index contributed by atoms with van der Waals surface area (Å²) in [7, 11) is -2.56. The molecule has 108 valence electrons. The highest BCUT2D eigenvalue weighted by Gasteiger charge is 2.21. The predicted octanol–water partition coefficient (Wildman–Crippen LogP) is 1.94. The summed E-state index contributed by atoms with van der Waals surface area (Å²) < 4.78 is 35.8. The van der Waals surface area contributed by atoms with Crippen molar-refractivity contribution in [2.24, 2.45) is 0 Å². The number of thiophene rings is 1. The standard InChI is InChI=1S/C11H12N2O5S2/c1-6-4-10(19-7(6)2)20(15,16)13-9-5-8(12-18-9)11(14)17-3/h4-5,13H,1-3H3. The van der Waals surface area contributed by atoms with Gasteiger partial charge >= 0.3 is 5.97 Å². The van der Waals surface area contributed by atoms with Gasteiger partial charge in [-0.1, -0.05) is 5.16 Å². The van der Waals surface area contributed by atoms with Gasteiger partial charge in [0.1, 0.15) is 4.21 Å². The van der Waals surface area contributed by atoms with Crippen molar-refractivity contribution >= 4 is 33.2 Å². The fourth-order valence-corrected chi connectivity index (χ4v) is 3.87. The molecule has 0 radical (unpaired) electrons. The van der Waals surface area contributed by atoms with Crippen molar-refractivity contribution in [2.45, 2.75) is 18.1 Å². The maximum Gasteiger partial charge on any atom is 0.360 e. The van der Waals surface area contributed by atoms with Gasteiger partial charge in [0.05, 0.1) is 7.11 Å². The molecule has 0 aliphatic rings. The predicted molar refractivity (Wildman–Crippen MR) is 72.4 cm³/mol. The number of hydrogen-bond acceptors (Lipinski definition) is 7. The Kier molecular flexibility index (Phi) is 3.82. The van der Waals surface area contributed by atoms with Crippen LogP contribution < -0.4 is 4.72 Å². The zero-order chi connectivity index (χ0) is 14.9. The highest BCUT2D eigenvalue weighted by Crippen LogP contribution is 2.27. The number of nitrogens with one attached hydrogen (secondary N) is 1. The minimum Gasteiger partial charge on any atom is -0.464 e. The zero-order valence-corrected chi connectivity index (χ0v) is 12.6. The molecule has 0 amide bonds. The van der Waals surface area contributed by atoms with Crippen LogP contribution in [0.2, 0.25) is 0 Å². The van der Waals surface area contributed by atoms with Gasteiger partial charge in [0.2, 0.25) is 5.88 Å². The lowest BCUT2D eigenvalue weighted by molar-refractivity contribution is 0.0589. The number of rotatable bonds is 4. The van der Waals surface area contributed by atoms with Crippen LogP contribution in [0.15, 0.2) is 20.9 Å². The van der Waals surface area contributed by atoms with Gasteiger partial charge in [0.15, 0.2) is 5.69 Å². The normalized spacial score (nSPS) is 11.3. The van der Waals surface area contributed by atoms with Crippen LogP contribution in [-0.2, 0) is 14.8 Å². The number of nitrogens with zero attached hydrogens (tertiary/aromatic N) is 1. The molecule has 0 bridgehead atoms. The SMILES string of the molecule is COC(=O)c1cc(NS(=O)(=O)c2cc(C)c(C)s2)on1. The van der Waals surface area contributed by atoms with Crippen LogP contribution in [0.25, 0.3) is 0 Å². The summed E-state index contributed by atoms with van der Waals surface area (Å²) in [6.07, 6.45) is 0. The maximum atomic E-state index is 12.1. The lowest BCUT2D eigenvalue weighted by atomic mass is 10.3. The second kappa shape index (κ2) is 5.25. The summed E-state index contributed by atoms with van der Waals surface area (Å²) in [4.78, 5) is 12.1. The molecule has 0 atom stereocenters. The van der Waals surface area contributed by atoms with E-state index in [-0.39, 0.29) is 15.8 Å². The molecule has 7 nitrogen and oxygen atoms in total. The lowest BCUT2D eigenvalue weighted by Crippen LogP contribution is -2.10. The van der Waals surface area contributed by atoms with Crippen LogP contribution in [0.4, 0.5) is 5.88 Å². The topological polar surface area (TPSA) is 98.5 Å². The number of esters is 1. The van der Waals surface area contributed by atoms with E-state index in [0.29, 0.717) is 0 Å². The monoisotopic (exact) mass is 316 g/mol. The van der Waals surface area contributed by atoms with Gasteiger partial charge in [-0.25, -0.2) is 17.9 Å². The summed E-state index contributed by atoms with van der Waals surface area (Å²) in [5.41, 5.74) is 0.784. The number of methoxy groups -OCH3 is 1. The molecule has 0 spiro atoms. The van der Waals surface area contributed by atoms with E-state index in [9.17, 15) is 13.2 Å². The first-order chi connectivity index (χ1) is 9.33. The Labute approximate surface area is 119 Å². The van der Waals surface area contributed by atoms with Gasteiger partial charge in [-0.15, -0.1) is 11.3 Å². The molecule has 0 unspecified atom stereocenters. The first-order valence-corrected chi connectivity index (χ1v) is 7.78. The number of sulfonamides is 1. The minimum absolute atomic E-state index is 0.108. The van der Waals surface area contributed by atoms with Gasteiger partial charge in [-0.2, -0.15) is 0 Å². The van der Waals surface area contributed by atoms with Gasteiger partial charge in [0.25, 0.3) is 10.0 Å². The van der Waals surface area contributed by atoms with E-state index in [4.69, 9.17) is 4.52 Å². The number of aryl methyl sites for hydroxylation is 2. The number of aromatic nitrogens is 1. The van der Waals surface area contributed by atoms with E-state index < -0.39 is 16.0 Å². The number of hydrogen-bond donors (Lipinski definition) is 1. The molecule has 0 aliphatic heterocycles. The molecule has 0 aliphatic carbocycles. The largest absolute Gasteiger partial charge is 0.464 e. The summed E-state index contributed by atoms with van der Waals surface area (Å²) in [6.45, 7) is 3.66. The Balaban J connectivity index is 2.24. The van der Waals surface area contributed by atoms with Crippen LogP contribution >= 0.6 is 11.3 Å². The quantitative estimate of drug-likeness (QED) is 0.866. The Morgan fingerprint density at radius 3 is 2.65 bits per heavy atom. The Morgan fingerprint density at radius 1 is 1.40 bits per heavy atom. The summed E-state index contributed by atoms with van der Waals surface area (Å²) in [6, 6.07) is 2.73. The van der Waals surface area contributed by atoms with Crippen molar-refractivity contribution in [3.8, 4) is 0 Å². The molecule has 2 aromatic rings. The highest BCUT2D eigenvalue weighted by atomic mass is 32.2. The lowest BCUT2D eigenvalue weighted by Gasteiger charge is -2.00. The van der Waals surface area contributed by atoms with Crippen molar-refractivity contribution in [1.82, 2.24) is 5.16 Å². The molecule has 0 saturated carbocycles. The van der Waals surface area contributed by atoms with Crippen LogP contribution in [0.5, 0.6) is 0 Å². The maximum absolute atomic E-state index is 12.1. The van der Waals surface area contributed by atoms with E-state index in [0.717, 1.165) is 27.8 Å². The first-order valence-electron chi connectivity index (χ1n) is 5.48. The molecule has 2 aromatic heterocycles. The first kappa shape index (κ1) is 14.5. The smallest absolute Gasteiger partial charge is 0.360 e. The van der Waals surface area contributed by atoms with Crippen LogP contribution in [0.3, 0.4) is 0 Å². The second-order valence-corrected chi connectivity index (χ2v) is 7.14. The zero-order valence-electron chi connectivity index (χ0n) is 11.0. The van der Waals surface area contributed by atoms with Crippen LogP contribution in [0.1, 0.15) is 20.9 Å². The van der Waals surface area contributed by atoms with Crippen molar-refractivity contribution in [1.29, 1.82) is 0 Å². The van der Waals surface area contributed by atoms with Gasteiger partial charge in [0, 0.05) is 10.9 Å². The van der Waals surface area contributed by atoms with Gasteiger partial charge < -0.3 is 9.26 Å². The third kappa shape index (κ3) is 2.83. The number of carbonyl (C=O) groups is 1. The Bertz CT molecular complexity index is 725. The van der Waals surface area contributed by atoms with Crippen molar-refractivity contribution < 1.29 is 22.5 Å². The molecule has 0 fully saturated rings. The average molecular weight is 316 g/mol. The second-order valence-electron chi connectivity index (χ2n) is 3.98. The molecule has 9 heteroatoms. The molecule has 0 aromatic carbocycles. The fraction of sp³-hybridized carbons (Fsp3) is 0.273. The van der Waals surface area contributed by atoms with Crippen molar-refractivity contribution in [2.75, 3.05) is 11.8 Å². The fourth-order valence-electron chi connectivity index (χ4n) is 1.38. The molecular formula is C11H12N2O5S2. The average Bonchev–Trinajstić information content (AvgIpc) is 2.96. The molecule has 2 heterocycles. The van der Waals surface area contributed by atoms with E-state index in [1.165, 1.54) is 7.11 Å². The van der Waals surface area contributed by atoms with E-state index in [2.05, 4.69) is 14.6 Å². The van der Waals surface area contributed by atoms with E-state index in [1.807, 2.05) is 13.8 Å². The Hall–Kier alpha value is -1.87. The van der Waals surface area contributed by atoms with Gasteiger partial charge in [-0.3, -0.25) is 0 Å². The molecular weight excluding hydrogens is 304 g/mol. The van der Waals surface area contributed by atoms with E-state index in [1.54, 1.807) is 6.07 Å². The summed E-state index contributed by atoms with van der Waals surface area (Å²) >= 11 is 1.15. The molecule has 20 heavy (non-hydrogen) atoms. The van der Waals surface area contributed by atoms with Crippen molar-refractivity contribution in [3.05, 3.63) is 28.3 Å². The third-order valence-electron chi connectivity index (χ3n) is 2.55. The van der Waals surface area contributed by atoms with E-state index >= 15 is 0 Å². The number of anilines is 1. The third-order valence-corrected chi connectivity index (χ3v) is 5.52. The molecule has 1 N–H and O–H groups in total. The van der Waals surface area contributed by atoms with Crippen LogP contribution in [-0.4, -0.2) is 26.7 Å².